The molecule has 1 aliphatic rings. The lowest BCUT2D eigenvalue weighted by molar-refractivity contribution is -0.116. The van der Waals surface area contributed by atoms with Crippen molar-refractivity contribution >= 4 is 45.6 Å². The van der Waals surface area contributed by atoms with E-state index < -0.39 is 11.2 Å². The summed E-state index contributed by atoms with van der Waals surface area (Å²) in [5.41, 5.74) is 4.89. The molecule has 0 bridgehead atoms. The number of nitrogens with one attached hydrogen (secondary N) is 1. The van der Waals surface area contributed by atoms with E-state index in [1.807, 2.05) is 6.92 Å². The van der Waals surface area contributed by atoms with Gasteiger partial charge in [-0.2, -0.15) is 0 Å². The number of nitrogen functional groups attached to an aromatic ring is 1. The van der Waals surface area contributed by atoms with Gasteiger partial charge in [-0.3, -0.25) is 19.1 Å². The van der Waals surface area contributed by atoms with Gasteiger partial charge in [0.05, 0.1) is 12.4 Å². The number of unbranched alkanes of at least 4 members (excludes halogenated alkanes) is 1. The van der Waals surface area contributed by atoms with Crippen LogP contribution in [0.1, 0.15) is 32.6 Å². The Morgan fingerprint density at radius 1 is 1.31 bits per heavy atom. The van der Waals surface area contributed by atoms with Crippen molar-refractivity contribution in [2.75, 3.05) is 54.6 Å². The van der Waals surface area contributed by atoms with E-state index in [0.717, 1.165) is 37.5 Å². The fraction of sp³-hybridized carbons (Fsp3) is 0.632. The highest BCUT2D eigenvalue weighted by Crippen LogP contribution is 2.30. The van der Waals surface area contributed by atoms with Crippen molar-refractivity contribution in [2.45, 2.75) is 43.5 Å². The zero-order valence-electron chi connectivity index (χ0n) is 18.3. The molecule has 3 heterocycles. The Kier molecular flexibility index (Phi) is 8.70. The van der Waals surface area contributed by atoms with Gasteiger partial charge in [0.25, 0.3) is 5.56 Å². The van der Waals surface area contributed by atoms with Crippen LogP contribution in [0.5, 0.6) is 0 Å². The SMILES string of the molecule is CCCCn1c(N)c(N(CCOC)C(=O)CSc2nnc(N3CCCC3)s2)c(=O)[nH]c1=O. The minimum atomic E-state index is -0.693. The second-order valence-corrected chi connectivity index (χ2v) is 9.55. The first-order valence-electron chi connectivity index (χ1n) is 10.6. The number of rotatable bonds is 11. The summed E-state index contributed by atoms with van der Waals surface area (Å²) in [6.45, 7) is 4.63. The molecular weight excluding hydrogens is 454 g/mol. The molecule has 0 aromatic carbocycles. The summed E-state index contributed by atoms with van der Waals surface area (Å²) in [6, 6.07) is 0. The first-order valence-corrected chi connectivity index (χ1v) is 12.4. The number of carbonyl (C=O) groups is 1. The summed E-state index contributed by atoms with van der Waals surface area (Å²) >= 11 is 2.71. The van der Waals surface area contributed by atoms with Gasteiger partial charge < -0.3 is 20.3 Å². The van der Waals surface area contributed by atoms with Crippen LogP contribution in [-0.4, -0.2) is 64.8 Å². The third-order valence-corrected chi connectivity index (χ3v) is 7.23. The quantitative estimate of drug-likeness (QED) is 0.450. The van der Waals surface area contributed by atoms with Crippen LogP contribution < -0.4 is 26.8 Å². The first kappa shape index (κ1) is 24.3. The highest BCUT2D eigenvalue weighted by molar-refractivity contribution is 8.01. The molecule has 1 aliphatic heterocycles. The third kappa shape index (κ3) is 5.70. The predicted molar refractivity (Wildman–Crippen MR) is 127 cm³/mol. The van der Waals surface area contributed by atoms with Crippen LogP contribution in [0, 0.1) is 0 Å². The number of methoxy groups -OCH3 is 1. The molecule has 0 radical (unpaired) electrons. The predicted octanol–water partition coefficient (Wildman–Crippen LogP) is 1.14. The molecular formula is C19H29N7O4S2. The number of hydrogen-bond donors (Lipinski definition) is 2. The summed E-state index contributed by atoms with van der Waals surface area (Å²) < 4.78 is 7.10. The van der Waals surface area contributed by atoms with Crippen molar-refractivity contribution in [1.29, 1.82) is 0 Å². The Morgan fingerprint density at radius 2 is 2.06 bits per heavy atom. The van der Waals surface area contributed by atoms with E-state index in [4.69, 9.17) is 10.5 Å². The largest absolute Gasteiger partial charge is 0.383 e. The molecule has 0 aliphatic carbocycles. The Labute approximate surface area is 194 Å². The number of aromatic amines is 1. The van der Waals surface area contributed by atoms with E-state index in [0.29, 0.717) is 17.3 Å². The summed E-state index contributed by atoms with van der Waals surface area (Å²) in [4.78, 5) is 43.7. The Morgan fingerprint density at radius 3 is 2.75 bits per heavy atom. The van der Waals surface area contributed by atoms with E-state index in [1.54, 1.807) is 0 Å². The molecule has 2 aromatic heterocycles. The number of anilines is 3. The smallest absolute Gasteiger partial charge is 0.330 e. The van der Waals surface area contributed by atoms with Crippen LogP contribution >= 0.6 is 23.1 Å². The lowest BCUT2D eigenvalue weighted by atomic mass is 10.3. The maximum atomic E-state index is 13.1. The van der Waals surface area contributed by atoms with E-state index in [2.05, 4.69) is 20.1 Å². The zero-order valence-corrected chi connectivity index (χ0v) is 20.0. The van der Waals surface area contributed by atoms with Crippen molar-refractivity contribution in [3.8, 4) is 0 Å². The van der Waals surface area contributed by atoms with Gasteiger partial charge in [-0.15, -0.1) is 10.2 Å². The molecule has 0 unspecified atom stereocenters. The molecule has 3 rings (SSSR count). The molecule has 13 heteroatoms. The van der Waals surface area contributed by atoms with Crippen LogP contribution in [0.15, 0.2) is 13.9 Å². The summed E-state index contributed by atoms with van der Waals surface area (Å²) in [5.74, 6) is -0.303. The number of H-pyrrole nitrogens is 1. The molecule has 3 N–H and O–H groups in total. The highest BCUT2D eigenvalue weighted by Gasteiger charge is 2.25. The van der Waals surface area contributed by atoms with Crippen LogP contribution in [0.3, 0.4) is 0 Å². The molecule has 32 heavy (non-hydrogen) atoms. The van der Waals surface area contributed by atoms with Crippen molar-refractivity contribution in [3.05, 3.63) is 20.8 Å². The van der Waals surface area contributed by atoms with Crippen LogP contribution in [0.25, 0.3) is 0 Å². The van der Waals surface area contributed by atoms with Gasteiger partial charge in [0.1, 0.15) is 5.82 Å². The lowest BCUT2D eigenvalue weighted by Crippen LogP contribution is -2.43. The average molecular weight is 484 g/mol. The maximum absolute atomic E-state index is 13.1. The summed E-state index contributed by atoms with van der Waals surface area (Å²) in [5, 5.41) is 9.26. The fourth-order valence-corrected chi connectivity index (χ4v) is 5.19. The van der Waals surface area contributed by atoms with E-state index in [-0.39, 0.29) is 36.3 Å². The molecule has 2 aromatic rings. The van der Waals surface area contributed by atoms with Crippen LogP contribution in [0.4, 0.5) is 16.6 Å². The minimum Gasteiger partial charge on any atom is -0.383 e. The second-order valence-electron chi connectivity index (χ2n) is 7.37. The summed E-state index contributed by atoms with van der Waals surface area (Å²) in [6.07, 6.45) is 3.86. The number of hydrogen-bond acceptors (Lipinski definition) is 10. The topological polar surface area (TPSA) is 139 Å². The number of aromatic nitrogens is 4. The third-order valence-electron chi connectivity index (χ3n) is 5.13. The highest BCUT2D eigenvalue weighted by atomic mass is 32.2. The van der Waals surface area contributed by atoms with Crippen molar-refractivity contribution < 1.29 is 9.53 Å². The van der Waals surface area contributed by atoms with Gasteiger partial charge in [0.15, 0.2) is 10.0 Å². The monoisotopic (exact) mass is 483 g/mol. The molecule has 0 atom stereocenters. The van der Waals surface area contributed by atoms with Gasteiger partial charge in [-0.1, -0.05) is 36.4 Å². The molecule has 1 fully saturated rings. The number of amides is 1. The molecule has 176 valence electrons. The first-order chi connectivity index (χ1) is 15.5. The normalized spacial score (nSPS) is 13.6. The van der Waals surface area contributed by atoms with Gasteiger partial charge in [-0.05, 0) is 19.3 Å². The van der Waals surface area contributed by atoms with Crippen molar-refractivity contribution in [2.24, 2.45) is 0 Å². The zero-order chi connectivity index (χ0) is 23.1. The molecule has 0 saturated carbocycles. The van der Waals surface area contributed by atoms with Crippen molar-refractivity contribution in [1.82, 2.24) is 19.7 Å². The number of thioether (sulfide) groups is 1. The molecule has 1 saturated heterocycles. The van der Waals surface area contributed by atoms with Gasteiger partial charge in [0, 0.05) is 33.3 Å². The minimum absolute atomic E-state index is 0.0195. The van der Waals surface area contributed by atoms with Gasteiger partial charge in [0.2, 0.25) is 11.0 Å². The lowest BCUT2D eigenvalue weighted by Gasteiger charge is -2.24. The number of carbonyl (C=O) groups excluding carboxylic acids is 1. The summed E-state index contributed by atoms with van der Waals surface area (Å²) in [7, 11) is 1.51. The Bertz CT molecular complexity index is 1030. The van der Waals surface area contributed by atoms with E-state index in [1.165, 1.54) is 39.7 Å². The van der Waals surface area contributed by atoms with E-state index in [9.17, 15) is 14.4 Å². The van der Waals surface area contributed by atoms with Crippen LogP contribution in [-0.2, 0) is 16.1 Å². The average Bonchev–Trinajstić information content (AvgIpc) is 3.46. The van der Waals surface area contributed by atoms with Crippen LogP contribution in [0.2, 0.25) is 0 Å². The Balaban J connectivity index is 1.79. The number of nitrogens with two attached hydrogens (primary N) is 1. The maximum Gasteiger partial charge on any atom is 0.330 e. The number of ether oxygens (including phenoxy) is 1. The fourth-order valence-electron chi connectivity index (χ4n) is 3.42. The van der Waals surface area contributed by atoms with Gasteiger partial charge in [-0.25, -0.2) is 4.79 Å². The second kappa shape index (κ2) is 11.5. The van der Waals surface area contributed by atoms with Crippen molar-refractivity contribution in [3.63, 3.8) is 0 Å². The molecule has 0 spiro atoms. The van der Waals surface area contributed by atoms with Gasteiger partial charge >= 0.3 is 5.69 Å². The molecule has 1 amide bonds. The standard InChI is InChI=1S/C19H29N7O4S2/c1-3-4-9-26-15(20)14(16(28)21-17(26)29)25(10-11-30-2)13(27)12-31-19-23-22-18(32-19)24-7-5-6-8-24/h3-12,20H2,1-2H3,(H,21,28,29). The number of nitrogens with zero attached hydrogens (tertiary/aromatic N) is 5. The van der Waals surface area contributed by atoms with E-state index >= 15 is 0 Å². The Hall–Kier alpha value is -2.38. The molecule has 11 nitrogen and oxygen atoms in total.